The van der Waals surface area contributed by atoms with E-state index in [2.05, 4.69) is 22.1 Å². The summed E-state index contributed by atoms with van der Waals surface area (Å²) in [6.45, 7) is 8.25. The maximum atomic E-state index is 12.5. The summed E-state index contributed by atoms with van der Waals surface area (Å²) in [6.07, 6.45) is 2.15. The Morgan fingerprint density at radius 1 is 1.19 bits per heavy atom. The van der Waals surface area contributed by atoms with Crippen molar-refractivity contribution in [1.29, 1.82) is 0 Å². The predicted octanol–water partition coefficient (Wildman–Crippen LogP) is 2.41. The van der Waals surface area contributed by atoms with Gasteiger partial charge in [-0.2, -0.15) is 0 Å². The third-order valence-electron chi connectivity index (χ3n) is 5.09. The van der Waals surface area contributed by atoms with Gasteiger partial charge in [-0.05, 0) is 38.2 Å². The molecule has 6 nitrogen and oxygen atoms in total. The van der Waals surface area contributed by atoms with Crippen LogP contribution in [0.5, 0.6) is 0 Å². The molecule has 0 atom stereocenters. The molecule has 6 heteroatoms. The molecule has 1 aromatic carbocycles. The summed E-state index contributed by atoms with van der Waals surface area (Å²) in [5, 5.41) is 2.90. The summed E-state index contributed by atoms with van der Waals surface area (Å²) < 4.78 is 1.49. The molecule has 0 bridgehead atoms. The SMILES string of the molecule is Cc1ccc(CNC(=O)Cn2c(N3CCC(C)CC3)nc(C)cc2=O)cc1. The molecule has 144 valence electrons. The number of piperidine rings is 1. The van der Waals surface area contributed by atoms with Crippen LogP contribution in [0.4, 0.5) is 5.95 Å². The highest BCUT2D eigenvalue weighted by Crippen LogP contribution is 2.20. The number of amides is 1. The summed E-state index contributed by atoms with van der Waals surface area (Å²) in [5.74, 6) is 1.11. The largest absolute Gasteiger partial charge is 0.350 e. The second-order valence-electron chi connectivity index (χ2n) is 7.55. The number of nitrogens with one attached hydrogen (secondary N) is 1. The fraction of sp³-hybridized carbons (Fsp3) is 0.476. The Morgan fingerprint density at radius 3 is 2.52 bits per heavy atom. The molecule has 0 aliphatic carbocycles. The minimum absolute atomic E-state index is 0.0145. The van der Waals surface area contributed by atoms with E-state index in [1.807, 2.05) is 38.1 Å². The van der Waals surface area contributed by atoms with Gasteiger partial charge in [-0.1, -0.05) is 36.8 Å². The number of benzene rings is 1. The van der Waals surface area contributed by atoms with Crippen LogP contribution in [0, 0.1) is 19.8 Å². The van der Waals surface area contributed by atoms with E-state index in [-0.39, 0.29) is 18.0 Å². The molecule has 2 aromatic rings. The highest BCUT2D eigenvalue weighted by atomic mass is 16.2. The Balaban J connectivity index is 1.72. The third-order valence-corrected chi connectivity index (χ3v) is 5.09. The Hall–Kier alpha value is -2.63. The van der Waals surface area contributed by atoms with Crippen LogP contribution in [0.3, 0.4) is 0 Å². The smallest absolute Gasteiger partial charge is 0.255 e. The van der Waals surface area contributed by atoms with Crippen molar-refractivity contribution in [3.05, 3.63) is 57.5 Å². The van der Waals surface area contributed by atoms with Crippen LogP contribution < -0.4 is 15.8 Å². The zero-order valence-electron chi connectivity index (χ0n) is 16.4. The molecule has 27 heavy (non-hydrogen) atoms. The van der Waals surface area contributed by atoms with Gasteiger partial charge >= 0.3 is 0 Å². The number of anilines is 1. The van der Waals surface area contributed by atoms with E-state index < -0.39 is 0 Å². The standard InChI is InChI=1S/C21H28N4O2/c1-15-4-6-18(7-5-15)13-22-19(26)14-25-20(27)12-17(3)23-21(25)24-10-8-16(2)9-11-24/h4-7,12,16H,8-11,13-14H2,1-3H3,(H,22,26). The van der Waals surface area contributed by atoms with Crippen molar-refractivity contribution in [2.24, 2.45) is 5.92 Å². The molecule has 1 N–H and O–H groups in total. The average molecular weight is 368 g/mol. The van der Waals surface area contributed by atoms with Gasteiger partial charge in [0.25, 0.3) is 5.56 Å². The first-order valence-corrected chi connectivity index (χ1v) is 9.58. The molecule has 0 spiro atoms. The zero-order valence-corrected chi connectivity index (χ0v) is 16.4. The van der Waals surface area contributed by atoms with E-state index in [9.17, 15) is 9.59 Å². The fourth-order valence-corrected chi connectivity index (χ4v) is 3.31. The summed E-state index contributed by atoms with van der Waals surface area (Å²) in [6, 6.07) is 9.52. The van der Waals surface area contributed by atoms with E-state index in [1.165, 1.54) is 16.2 Å². The van der Waals surface area contributed by atoms with Crippen LogP contribution in [-0.2, 0) is 17.9 Å². The molecular formula is C21H28N4O2. The molecule has 0 saturated carbocycles. The van der Waals surface area contributed by atoms with E-state index in [4.69, 9.17) is 0 Å². The van der Waals surface area contributed by atoms with Crippen LogP contribution in [0.1, 0.15) is 36.6 Å². The lowest BCUT2D eigenvalue weighted by Gasteiger charge is -2.32. The van der Waals surface area contributed by atoms with Crippen molar-refractivity contribution in [3.8, 4) is 0 Å². The van der Waals surface area contributed by atoms with Gasteiger partial charge in [-0.15, -0.1) is 0 Å². The summed E-state index contributed by atoms with van der Waals surface area (Å²) in [5.41, 5.74) is 2.72. The Morgan fingerprint density at radius 2 is 1.85 bits per heavy atom. The predicted molar refractivity (Wildman–Crippen MR) is 107 cm³/mol. The summed E-state index contributed by atoms with van der Waals surface area (Å²) >= 11 is 0. The number of carbonyl (C=O) groups excluding carboxylic acids is 1. The monoisotopic (exact) mass is 368 g/mol. The van der Waals surface area contributed by atoms with Gasteiger partial charge in [0.05, 0.1) is 0 Å². The van der Waals surface area contributed by atoms with Crippen molar-refractivity contribution in [2.45, 2.75) is 46.7 Å². The molecule has 1 saturated heterocycles. The van der Waals surface area contributed by atoms with E-state index in [0.717, 1.165) is 31.5 Å². The Labute approximate surface area is 160 Å². The second-order valence-corrected chi connectivity index (χ2v) is 7.55. The summed E-state index contributed by atoms with van der Waals surface area (Å²) in [4.78, 5) is 31.7. The van der Waals surface area contributed by atoms with Gasteiger partial charge in [0.1, 0.15) is 6.54 Å². The van der Waals surface area contributed by atoms with Crippen molar-refractivity contribution in [3.63, 3.8) is 0 Å². The number of aromatic nitrogens is 2. The number of hydrogen-bond donors (Lipinski definition) is 1. The Bertz CT molecular complexity index is 849. The van der Waals surface area contributed by atoms with E-state index >= 15 is 0 Å². The number of aryl methyl sites for hydroxylation is 2. The van der Waals surface area contributed by atoms with Gasteiger partial charge in [-0.25, -0.2) is 4.98 Å². The molecule has 3 rings (SSSR count). The van der Waals surface area contributed by atoms with Crippen LogP contribution in [0.25, 0.3) is 0 Å². The molecule has 1 aliphatic heterocycles. The normalized spacial score (nSPS) is 15.0. The van der Waals surface area contributed by atoms with E-state index in [1.54, 1.807) is 0 Å². The molecule has 1 amide bonds. The van der Waals surface area contributed by atoms with Crippen LogP contribution >= 0.6 is 0 Å². The van der Waals surface area contributed by atoms with E-state index in [0.29, 0.717) is 24.1 Å². The van der Waals surface area contributed by atoms with Crippen molar-refractivity contribution >= 4 is 11.9 Å². The minimum atomic E-state index is -0.185. The first-order chi connectivity index (χ1) is 12.9. The Kier molecular flexibility index (Phi) is 5.94. The number of carbonyl (C=O) groups is 1. The topological polar surface area (TPSA) is 67.2 Å². The third kappa shape index (κ3) is 4.96. The lowest BCUT2D eigenvalue weighted by molar-refractivity contribution is -0.121. The first-order valence-electron chi connectivity index (χ1n) is 9.58. The lowest BCUT2D eigenvalue weighted by atomic mass is 10.00. The van der Waals surface area contributed by atoms with Gasteiger partial charge in [0.15, 0.2) is 0 Å². The second kappa shape index (κ2) is 8.37. The minimum Gasteiger partial charge on any atom is -0.350 e. The molecule has 2 heterocycles. The van der Waals surface area contributed by atoms with Gasteiger partial charge < -0.3 is 10.2 Å². The molecular weight excluding hydrogens is 340 g/mol. The molecule has 1 aromatic heterocycles. The molecule has 1 aliphatic rings. The van der Waals surface area contributed by atoms with Gasteiger partial charge in [0, 0.05) is 31.4 Å². The maximum Gasteiger partial charge on any atom is 0.255 e. The van der Waals surface area contributed by atoms with Gasteiger partial charge in [-0.3, -0.25) is 14.2 Å². The number of rotatable bonds is 5. The number of nitrogens with zero attached hydrogens (tertiary/aromatic N) is 3. The molecule has 0 unspecified atom stereocenters. The van der Waals surface area contributed by atoms with Crippen LogP contribution in [0.15, 0.2) is 35.1 Å². The number of hydrogen-bond acceptors (Lipinski definition) is 4. The molecule has 1 fully saturated rings. The fourth-order valence-electron chi connectivity index (χ4n) is 3.31. The first kappa shape index (κ1) is 19.1. The highest BCUT2D eigenvalue weighted by Gasteiger charge is 2.21. The van der Waals surface area contributed by atoms with Crippen LogP contribution in [-0.4, -0.2) is 28.5 Å². The maximum absolute atomic E-state index is 12.5. The molecule has 0 radical (unpaired) electrons. The lowest BCUT2D eigenvalue weighted by Crippen LogP contribution is -2.40. The van der Waals surface area contributed by atoms with Crippen molar-refractivity contribution < 1.29 is 4.79 Å². The van der Waals surface area contributed by atoms with Gasteiger partial charge in [0.2, 0.25) is 11.9 Å². The van der Waals surface area contributed by atoms with Crippen molar-refractivity contribution in [1.82, 2.24) is 14.9 Å². The van der Waals surface area contributed by atoms with Crippen molar-refractivity contribution in [2.75, 3.05) is 18.0 Å². The zero-order chi connectivity index (χ0) is 19.4. The quantitative estimate of drug-likeness (QED) is 0.880. The van der Waals surface area contributed by atoms with Crippen LogP contribution in [0.2, 0.25) is 0 Å². The summed E-state index contributed by atoms with van der Waals surface area (Å²) in [7, 11) is 0. The highest BCUT2D eigenvalue weighted by molar-refractivity contribution is 5.76. The average Bonchev–Trinajstić information content (AvgIpc) is 2.64.